The zero-order chi connectivity index (χ0) is 14.9. The molecule has 6 heteroatoms. The predicted octanol–water partition coefficient (Wildman–Crippen LogP) is 3.13. The zero-order valence-electron chi connectivity index (χ0n) is 11.4. The van der Waals surface area contributed by atoms with Gasteiger partial charge in [0.05, 0.1) is 5.02 Å². The molecule has 2 aromatic rings. The molecule has 0 unspecified atom stereocenters. The van der Waals surface area contributed by atoms with Gasteiger partial charge in [0.15, 0.2) is 5.78 Å². The number of rotatable bonds is 3. The van der Waals surface area contributed by atoms with Crippen molar-refractivity contribution >= 4 is 29.1 Å². The van der Waals surface area contributed by atoms with Crippen molar-refractivity contribution in [3.05, 3.63) is 45.9 Å². The number of carbonyl (C=O) groups excluding carboxylic acids is 2. The second-order valence-corrected chi connectivity index (χ2v) is 4.93. The van der Waals surface area contributed by atoms with Crippen LogP contribution in [0.5, 0.6) is 0 Å². The van der Waals surface area contributed by atoms with Gasteiger partial charge < -0.3 is 10.3 Å². The van der Waals surface area contributed by atoms with Gasteiger partial charge in [-0.25, -0.2) is 4.98 Å². The van der Waals surface area contributed by atoms with Crippen molar-refractivity contribution in [3.8, 4) is 0 Å². The average Bonchev–Trinajstić information content (AvgIpc) is 2.67. The highest BCUT2D eigenvalue weighted by Gasteiger charge is 2.19. The number of aryl methyl sites for hydroxylation is 1. The van der Waals surface area contributed by atoms with Crippen molar-refractivity contribution < 1.29 is 9.59 Å². The summed E-state index contributed by atoms with van der Waals surface area (Å²) in [6.45, 7) is 4.98. The van der Waals surface area contributed by atoms with Gasteiger partial charge >= 0.3 is 0 Å². The smallest absolute Gasteiger partial charge is 0.273 e. The molecule has 0 fully saturated rings. The molecule has 2 aromatic heterocycles. The molecule has 0 aliphatic rings. The van der Waals surface area contributed by atoms with Crippen molar-refractivity contribution in [2.24, 2.45) is 0 Å². The molecule has 0 aliphatic carbocycles. The molecule has 1 amide bonds. The lowest BCUT2D eigenvalue weighted by atomic mass is 10.1. The van der Waals surface area contributed by atoms with Crippen molar-refractivity contribution in [2.45, 2.75) is 20.8 Å². The molecular formula is C14H14ClN3O2. The summed E-state index contributed by atoms with van der Waals surface area (Å²) in [6, 6.07) is 3.25. The molecule has 0 aromatic carbocycles. The molecule has 2 heterocycles. The topological polar surface area (TPSA) is 74.8 Å². The maximum atomic E-state index is 12.2. The van der Waals surface area contributed by atoms with Gasteiger partial charge in [-0.2, -0.15) is 0 Å². The number of anilines is 1. The minimum atomic E-state index is -0.340. The minimum Gasteiger partial charge on any atom is -0.354 e. The molecule has 0 spiro atoms. The number of nitrogens with one attached hydrogen (secondary N) is 2. The van der Waals surface area contributed by atoms with Crippen molar-refractivity contribution in [1.82, 2.24) is 9.97 Å². The summed E-state index contributed by atoms with van der Waals surface area (Å²) in [5, 5.41) is 3.15. The van der Waals surface area contributed by atoms with Crippen molar-refractivity contribution in [1.29, 1.82) is 0 Å². The molecular weight excluding hydrogens is 278 g/mol. The summed E-state index contributed by atoms with van der Waals surface area (Å²) in [5.74, 6) is -0.0109. The molecule has 0 radical (unpaired) electrons. The molecule has 20 heavy (non-hydrogen) atoms. The molecule has 2 N–H and O–H groups in total. The van der Waals surface area contributed by atoms with Crippen LogP contribution in [0.3, 0.4) is 0 Å². The number of amides is 1. The molecule has 0 saturated carbocycles. The lowest BCUT2D eigenvalue weighted by molar-refractivity contribution is 0.101. The molecule has 0 saturated heterocycles. The van der Waals surface area contributed by atoms with E-state index in [0.29, 0.717) is 33.4 Å². The lowest BCUT2D eigenvalue weighted by Crippen LogP contribution is -2.14. The fraction of sp³-hybridized carbons (Fsp3) is 0.214. The van der Waals surface area contributed by atoms with E-state index in [4.69, 9.17) is 11.6 Å². The Hall–Kier alpha value is -2.14. The summed E-state index contributed by atoms with van der Waals surface area (Å²) in [5.41, 5.74) is 2.24. The number of carbonyl (C=O) groups is 2. The van der Waals surface area contributed by atoms with E-state index in [1.54, 1.807) is 26.0 Å². The second-order valence-electron chi connectivity index (χ2n) is 4.50. The van der Waals surface area contributed by atoms with Crippen LogP contribution in [-0.2, 0) is 0 Å². The number of nitrogens with zero attached hydrogens (tertiary/aromatic N) is 1. The summed E-state index contributed by atoms with van der Waals surface area (Å²) in [7, 11) is 0. The maximum Gasteiger partial charge on any atom is 0.273 e. The molecule has 5 nitrogen and oxygen atoms in total. The van der Waals surface area contributed by atoms with E-state index in [9.17, 15) is 9.59 Å². The third-order valence-corrected chi connectivity index (χ3v) is 3.21. The third kappa shape index (κ3) is 2.72. The lowest BCUT2D eigenvalue weighted by Gasteiger charge is -2.04. The van der Waals surface area contributed by atoms with Crippen LogP contribution < -0.4 is 5.32 Å². The Balaban J connectivity index is 2.28. The van der Waals surface area contributed by atoms with E-state index in [1.807, 2.05) is 0 Å². The van der Waals surface area contributed by atoms with Crippen LogP contribution in [0.25, 0.3) is 0 Å². The fourth-order valence-corrected chi connectivity index (χ4v) is 2.25. The Morgan fingerprint density at radius 1 is 1.30 bits per heavy atom. The number of pyridine rings is 1. The third-order valence-electron chi connectivity index (χ3n) is 2.99. The van der Waals surface area contributed by atoms with Crippen LogP contribution in [0.1, 0.15) is 39.0 Å². The second kappa shape index (κ2) is 5.46. The first-order valence-corrected chi connectivity index (χ1v) is 6.41. The summed E-state index contributed by atoms with van der Waals surface area (Å²) >= 11 is 5.73. The van der Waals surface area contributed by atoms with Gasteiger partial charge in [-0.05, 0) is 38.5 Å². The monoisotopic (exact) mass is 291 g/mol. The van der Waals surface area contributed by atoms with Gasteiger partial charge in [-0.1, -0.05) is 11.6 Å². The van der Waals surface area contributed by atoms with E-state index in [0.717, 1.165) is 0 Å². The quantitative estimate of drug-likeness (QED) is 0.853. The Bertz CT molecular complexity index is 674. The summed E-state index contributed by atoms with van der Waals surface area (Å²) in [4.78, 5) is 30.7. The normalized spacial score (nSPS) is 10.4. The molecule has 0 bridgehead atoms. The number of aromatic nitrogens is 2. The number of aromatic amines is 1. The molecule has 0 aliphatic heterocycles. The van der Waals surface area contributed by atoms with E-state index >= 15 is 0 Å². The number of hydrogen-bond donors (Lipinski definition) is 2. The first-order chi connectivity index (χ1) is 9.40. The maximum absolute atomic E-state index is 12.2. The van der Waals surface area contributed by atoms with Crippen molar-refractivity contribution in [2.75, 3.05) is 5.32 Å². The SMILES string of the molecule is CC(=O)c1c(C)[nH]c(C(=O)Nc2ccc(Cl)cn2)c1C. The van der Waals surface area contributed by atoms with Crippen molar-refractivity contribution in [3.63, 3.8) is 0 Å². The average molecular weight is 292 g/mol. The number of hydrogen-bond acceptors (Lipinski definition) is 3. The Morgan fingerprint density at radius 2 is 2.00 bits per heavy atom. The van der Waals surface area contributed by atoms with E-state index < -0.39 is 0 Å². The number of halogens is 1. The van der Waals surface area contributed by atoms with Crippen LogP contribution >= 0.6 is 11.6 Å². The standard InChI is InChI=1S/C14H14ClN3O2/c1-7-12(9(3)19)8(2)17-13(7)14(20)18-11-5-4-10(15)6-16-11/h4-6,17H,1-3H3,(H,16,18,20). The zero-order valence-corrected chi connectivity index (χ0v) is 12.1. The van der Waals surface area contributed by atoms with Gasteiger partial charge in [0.25, 0.3) is 5.91 Å². The van der Waals surface area contributed by atoms with Gasteiger partial charge in [0.1, 0.15) is 11.5 Å². The highest BCUT2D eigenvalue weighted by molar-refractivity contribution is 6.30. The minimum absolute atomic E-state index is 0.0695. The van der Waals surface area contributed by atoms with Crippen LogP contribution in [-0.4, -0.2) is 21.7 Å². The first-order valence-electron chi connectivity index (χ1n) is 6.03. The van der Waals surface area contributed by atoms with Gasteiger partial charge in [-0.3, -0.25) is 9.59 Å². The van der Waals surface area contributed by atoms with Crippen LogP contribution in [0.15, 0.2) is 18.3 Å². The fourth-order valence-electron chi connectivity index (χ4n) is 2.13. The van der Waals surface area contributed by atoms with Crippen LogP contribution in [0.4, 0.5) is 5.82 Å². The number of Topliss-reactive ketones (excluding diaryl/α,β-unsaturated/α-hetero) is 1. The summed E-state index contributed by atoms with van der Waals surface area (Å²) < 4.78 is 0. The van der Waals surface area contributed by atoms with Gasteiger partial charge in [0, 0.05) is 17.5 Å². The van der Waals surface area contributed by atoms with Crippen LogP contribution in [0.2, 0.25) is 5.02 Å². The number of H-pyrrole nitrogens is 1. The Labute approximate surface area is 121 Å². The Kier molecular flexibility index (Phi) is 3.90. The number of ketones is 1. The molecule has 0 atom stereocenters. The van der Waals surface area contributed by atoms with Gasteiger partial charge in [0.2, 0.25) is 0 Å². The molecule has 104 valence electrons. The van der Waals surface area contributed by atoms with E-state index in [1.165, 1.54) is 13.1 Å². The highest BCUT2D eigenvalue weighted by atomic mass is 35.5. The summed E-state index contributed by atoms with van der Waals surface area (Å²) in [6.07, 6.45) is 1.45. The molecule has 2 rings (SSSR count). The predicted molar refractivity (Wildman–Crippen MR) is 77.5 cm³/mol. The highest BCUT2D eigenvalue weighted by Crippen LogP contribution is 2.19. The Morgan fingerprint density at radius 3 is 2.50 bits per heavy atom. The van der Waals surface area contributed by atoms with Crippen LogP contribution in [0, 0.1) is 13.8 Å². The largest absolute Gasteiger partial charge is 0.354 e. The van der Waals surface area contributed by atoms with Gasteiger partial charge in [-0.15, -0.1) is 0 Å². The van der Waals surface area contributed by atoms with E-state index in [-0.39, 0.29) is 11.7 Å². The first kappa shape index (κ1) is 14.3. The van der Waals surface area contributed by atoms with E-state index in [2.05, 4.69) is 15.3 Å².